The van der Waals surface area contributed by atoms with Crippen molar-refractivity contribution in [3.8, 4) is 0 Å². The van der Waals surface area contributed by atoms with E-state index in [1.54, 1.807) is 6.92 Å². The second kappa shape index (κ2) is 7.65. The van der Waals surface area contributed by atoms with Crippen LogP contribution in [0.4, 0.5) is 9.18 Å². The van der Waals surface area contributed by atoms with Crippen molar-refractivity contribution in [1.29, 1.82) is 0 Å². The van der Waals surface area contributed by atoms with E-state index in [0.29, 0.717) is 10.6 Å². The van der Waals surface area contributed by atoms with E-state index in [9.17, 15) is 23.6 Å². The van der Waals surface area contributed by atoms with Gasteiger partial charge in [-0.25, -0.2) is 18.8 Å². The Hall–Kier alpha value is -2.09. The zero-order valence-corrected chi connectivity index (χ0v) is 12.3. The molecule has 0 aromatic carbocycles. The number of hydrogen-bond acceptors (Lipinski definition) is 5. The number of carboxylic acid groups (broad SMARTS) is 1. The molecule has 0 aromatic heterocycles. The fourth-order valence-corrected chi connectivity index (χ4v) is 2.43. The number of alkyl halides is 1. The average Bonchev–Trinajstić information content (AvgIpc) is 2.70. The first-order valence-electron chi connectivity index (χ1n) is 6.60. The van der Waals surface area contributed by atoms with Gasteiger partial charge >= 0.3 is 37.2 Å². The third-order valence-electron chi connectivity index (χ3n) is 3.33. The third kappa shape index (κ3) is 3.87. The van der Waals surface area contributed by atoms with Crippen molar-refractivity contribution in [3.63, 3.8) is 0 Å². The van der Waals surface area contributed by atoms with Crippen LogP contribution in [0.2, 0.25) is 0 Å². The van der Waals surface area contributed by atoms with Gasteiger partial charge in [0.1, 0.15) is 6.04 Å². The molecule has 128 valence electrons. The first kappa shape index (κ1) is 20.0. The first-order chi connectivity index (χ1) is 10.7. The van der Waals surface area contributed by atoms with Gasteiger partial charge in [0.25, 0.3) is 5.91 Å². The van der Waals surface area contributed by atoms with E-state index in [-0.39, 0.29) is 25.4 Å². The maximum atomic E-state index is 13.2. The molecule has 3 atom stereocenters. The van der Waals surface area contributed by atoms with E-state index in [1.165, 1.54) is 13.0 Å². The summed E-state index contributed by atoms with van der Waals surface area (Å²) in [5, 5.41) is 9.10. The summed E-state index contributed by atoms with van der Waals surface area (Å²) in [6.07, 6.45) is -1.19. The fourth-order valence-electron chi connectivity index (χ4n) is 2.43. The zero-order valence-electron chi connectivity index (χ0n) is 12.3. The van der Waals surface area contributed by atoms with Crippen molar-refractivity contribution >= 4 is 42.7 Å². The molecule has 0 aromatic rings. The number of aliphatic carboxylic acids is 1. The van der Waals surface area contributed by atoms with Crippen LogP contribution in [0.3, 0.4) is 0 Å². The van der Waals surface area contributed by atoms with Crippen LogP contribution in [0.1, 0.15) is 13.8 Å². The molecule has 24 heavy (non-hydrogen) atoms. The minimum absolute atomic E-state index is 0. The van der Waals surface area contributed by atoms with Crippen molar-refractivity contribution in [3.05, 3.63) is 11.6 Å². The molecule has 0 spiro atoms. The summed E-state index contributed by atoms with van der Waals surface area (Å²) in [7, 11) is 0. The summed E-state index contributed by atoms with van der Waals surface area (Å²) < 4.78 is 13.2. The molecular formula is C12H16FLiN4O6. The van der Waals surface area contributed by atoms with Crippen LogP contribution in [-0.2, 0) is 19.2 Å². The standard InChI is InChI=1S/C12H15FN4O6.Li.H/c1-5-3-7-4-16(8(5)10(19)15-14-6(2)18)12(22)17(7)23-9(13)11(20)21;;/h3,7-9H,4H2,1-2H3,(H,14,18)(H,15,19)(H,20,21);;/t7-,8+,9?;;/m1../s1. The molecule has 2 aliphatic rings. The van der Waals surface area contributed by atoms with E-state index >= 15 is 0 Å². The number of fused-ring (bicyclic) bond motifs is 2. The summed E-state index contributed by atoms with van der Waals surface area (Å²) in [4.78, 5) is 51.2. The van der Waals surface area contributed by atoms with Crippen molar-refractivity contribution in [2.45, 2.75) is 32.3 Å². The molecule has 0 saturated carbocycles. The molecule has 2 aliphatic heterocycles. The van der Waals surface area contributed by atoms with Crippen LogP contribution in [0.15, 0.2) is 11.6 Å². The molecule has 10 nitrogen and oxygen atoms in total. The second-order valence-corrected chi connectivity index (χ2v) is 5.07. The van der Waals surface area contributed by atoms with E-state index in [1.807, 2.05) is 0 Å². The van der Waals surface area contributed by atoms with Crippen LogP contribution >= 0.6 is 0 Å². The molecule has 2 bridgehead atoms. The predicted molar refractivity (Wildman–Crippen MR) is 78.0 cm³/mol. The Balaban J connectivity index is 0.00000288. The SMILES string of the molecule is CC(=O)NNC(=O)[C@@H]1C(C)=C[C@@H]2CN1C(=O)N2OC(F)C(=O)O.[LiH]. The topological polar surface area (TPSA) is 128 Å². The predicted octanol–water partition coefficient (Wildman–Crippen LogP) is -1.75. The van der Waals surface area contributed by atoms with Gasteiger partial charge in [-0.3, -0.25) is 20.4 Å². The third-order valence-corrected chi connectivity index (χ3v) is 3.33. The number of nitrogens with one attached hydrogen (secondary N) is 2. The van der Waals surface area contributed by atoms with Crippen molar-refractivity contribution in [2.24, 2.45) is 0 Å². The van der Waals surface area contributed by atoms with Crippen molar-refractivity contribution in [2.75, 3.05) is 6.54 Å². The van der Waals surface area contributed by atoms with E-state index in [0.717, 1.165) is 4.90 Å². The number of hydroxylamine groups is 2. The number of halogens is 1. The Morgan fingerprint density at radius 3 is 2.58 bits per heavy atom. The summed E-state index contributed by atoms with van der Waals surface area (Å²) in [6, 6.07) is -2.55. The Labute approximate surface area is 148 Å². The van der Waals surface area contributed by atoms with Gasteiger partial charge in [-0.1, -0.05) is 6.08 Å². The van der Waals surface area contributed by atoms with Gasteiger partial charge in [-0.15, -0.1) is 0 Å². The number of hydrogen-bond donors (Lipinski definition) is 3. The number of carbonyl (C=O) groups excluding carboxylic acids is 3. The monoisotopic (exact) mass is 338 g/mol. The summed E-state index contributed by atoms with van der Waals surface area (Å²) in [6.45, 7) is 2.81. The molecule has 0 aliphatic carbocycles. The molecule has 3 N–H and O–H groups in total. The van der Waals surface area contributed by atoms with Gasteiger partial charge in [-0.2, -0.15) is 5.06 Å². The summed E-state index contributed by atoms with van der Waals surface area (Å²) in [5.41, 5.74) is 4.75. The molecule has 0 radical (unpaired) electrons. The molecule has 2 heterocycles. The number of urea groups is 1. The quantitative estimate of drug-likeness (QED) is 0.317. The first-order valence-corrected chi connectivity index (χ1v) is 6.60. The van der Waals surface area contributed by atoms with Crippen LogP contribution in [0.25, 0.3) is 0 Å². The molecule has 4 amide bonds. The van der Waals surface area contributed by atoms with Crippen LogP contribution < -0.4 is 10.9 Å². The zero-order chi connectivity index (χ0) is 17.3. The fraction of sp³-hybridized carbons (Fsp3) is 0.500. The van der Waals surface area contributed by atoms with E-state index < -0.39 is 42.3 Å². The number of carboxylic acids is 1. The normalized spacial score (nSPS) is 23.1. The Kier molecular flexibility index (Phi) is 6.36. The average molecular weight is 338 g/mol. The molecule has 1 saturated heterocycles. The van der Waals surface area contributed by atoms with Gasteiger partial charge in [-0.05, 0) is 12.5 Å². The summed E-state index contributed by atoms with van der Waals surface area (Å²) in [5.74, 6) is -3.01. The molecular weight excluding hydrogens is 322 g/mol. The number of hydrazine groups is 1. The number of rotatable bonds is 4. The maximum absolute atomic E-state index is 13.2. The number of amides is 4. The van der Waals surface area contributed by atoms with Gasteiger partial charge in [0, 0.05) is 6.92 Å². The molecule has 2 rings (SSSR count). The van der Waals surface area contributed by atoms with Crippen molar-refractivity contribution < 1.29 is 33.5 Å². The van der Waals surface area contributed by atoms with Gasteiger partial charge in [0.2, 0.25) is 5.91 Å². The summed E-state index contributed by atoms with van der Waals surface area (Å²) >= 11 is 0. The van der Waals surface area contributed by atoms with E-state index in [4.69, 9.17) is 5.11 Å². The van der Waals surface area contributed by atoms with E-state index in [2.05, 4.69) is 15.7 Å². The van der Waals surface area contributed by atoms with Crippen LogP contribution in [0.5, 0.6) is 0 Å². The second-order valence-electron chi connectivity index (χ2n) is 5.07. The Morgan fingerprint density at radius 1 is 1.42 bits per heavy atom. The number of nitrogens with zero attached hydrogens (tertiary/aromatic N) is 2. The van der Waals surface area contributed by atoms with Crippen LogP contribution in [-0.4, -0.2) is 82.7 Å². The number of carbonyl (C=O) groups is 4. The molecule has 12 heteroatoms. The Morgan fingerprint density at radius 2 is 2.04 bits per heavy atom. The molecule has 1 fully saturated rings. The van der Waals surface area contributed by atoms with Crippen molar-refractivity contribution in [1.82, 2.24) is 20.8 Å². The van der Waals surface area contributed by atoms with Gasteiger partial charge in [0.05, 0.1) is 12.6 Å². The van der Waals surface area contributed by atoms with Gasteiger partial charge in [0.15, 0.2) is 0 Å². The van der Waals surface area contributed by atoms with Crippen LogP contribution in [0, 0.1) is 0 Å². The van der Waals surface area contributed by atoms with Gasteiger partial charge < -0.3 is 10.0 Å². The minimum atomic E-state index is -2.69. The molecule has 1 unspecified atom stereocenters. The Bertz CT molecular complexity index is 600.